The van der Waals surface area contributed by atoms with E-state index in [1.165, 1.54) is 0 Å². The van der Waals surface area contributed by atoms with Gasteiger partial charge in [-0.05, 0) is 6.07 Å². The lowest BCUT2D eigenvalue weighted by Gasteiger charge is -2.13. The Morgan fingerprint density at radius 3 is 2.27 bits per heavy atom. The molecule has 0 aliphatic rings. The van der Waals surface area contributed by atoms with E-state index in [0.29, 0.717) is 6.07 Å². The molecule has 0 amide bonds. The van der Waals surface area contributed by atoms with Crippen molar-refractivity contribution in [3.63, 3.8) is 0 Å². The molecule has 1 aromatic heterocycles. The molecule has 0 aliphatic carbocycles. The fourth-order valence-electron chi connectivity index (χ4n) is 0.621. The van der Waals surface area contributed by atoms with Crippen molar-refractivity contribution in [3.05, 3.63) is 24.3 Å². The van der Waals surface area contributed by atoms with Gasteiger partial charge in [0.15, 0.2) is 0 Å². The molecule has 11 heavy (non-hydrogen) atoms. The van der Waals surface area contributed by atoms with Crippen LogP contribution >= 0.6 is 0 Å². The monoisotopic (exact) mass is 164 g/mol. The maximum atomic E-state index is 12.1. The number of pyridine rings is 1. The van der Waals surface area contributed by atoms with Crippen molar-refractivity contribution in [2.75, 3.05) is 0 Å². The largest absolute Gasteiger partial charge is 0.509 e. The molecular formula is C5H3BF4N-. The molecular weight excluding hydrogens is 161 g/mol. The van der Waals surface area contributed by atoms with Crippen LogP contribution in [-0.4, -0.2) is 12.0 Å². The van der Waals surface area contributed by atoms with E-state index in [0.717, 1.165) is 12.3 Å². The molecule has 1 nitrogen and oxygen atoms in total. The minimum absolute atomic E-state index is 0.375. The van der Waals surface area contributed by atoms with E-state index in [1.54, 1.807) is 0 Å². The average molecular weight is 164 g/mol. The van der Waals surface area contributed by atoms with Crippen LogP contribution in [0.2, 0.25) is 0 Å². The maximum Gasteiger partial charge on any atom is 0.509 e. The van der Waals surface area contributed by atoms with E-state index in [9.17, 15) is 17.3 Å². The SMILES string of the molecule is Fc1cc([B-](F)(F)F)ccn1. The molecule has 0 aliphatic heterocycles. The van der Waals surface area contributed by atoms with Crippen LogP contribution < -0.4 is 5.46 Å². The van der Waals surface area contributed by atoms with Crippen LogP contribution in [0, 0.1) is 5.95 Å². The Morgan fingerprint density at radius 2 is 1.91 bits per heavy atom. The van der Waals surface area contributed by atoms with Gasteiger partial charge in [0.05, 0.1) is 0 Å². The van der Waals surface area contributed by atoms with E-state index in [1.807, 2.05) is 0 Å². The maximum absolute atomic E-state index is 12.1. The van der Waals surface area contributed by atoms with Gasteiger partial charge < -0.3 is 12.9 Å². The normalized spacial score (nSPS) is 11.6. The zero-order valence-corrected chi connectivity index (χ0v) is 5.27. The summed E-state index contributed by atoms with van der Waals surface area (Å²) in [5.74, 6) is -1.11. The van der Waals surface area contributed by atoms with Gasteiger partial charge in [-0.1, -0.05) is 6.07 Å². The Hall–Kier alpha value is -1.07. The van der Waals surface area contributed by atoms with Gasteiger partial charge in [0, 0.05) is 6.20 Å². The van der Waals surface area contributed by atoms with Crippen LogP contribution in [0.4, 0.5) is 17.3 Å². The molecule has 0 saturated heterocycles. The van der Waals surface area contributed by atoms with Crippen molar-refractivity contribution in [2.24, 2.45) is 0 Å². The molecule has 0 spiro atoms. The van der Waals surface area contributed by atoms with Gasteiger partial charge >= 0.3 is 6.98 Å². The Bertz CT molecular complexity index is 259. The second-order valence-corrected chi connectivity index (χ2v) is 1.99. The molecule has 0 fully saturated rings. The molecule has 1 heterocycles. The summed E-state index contributed by atoms with van der Waals surface area (Å²) >= 11 is 0. The molecule has 0 aromatic carbocycles. The third-order valence-corrected chi connectivity index (χ3v) is 1.13. The van der Waals surface area contributed by atoms with Crippen molar-refractivity contribution >= 4 is 12.4 Å². The number of hydrogen-bond donors (Lipinski definition) is 0. The molecule has 6 heteroatoms. The molecule has 0 bridgehead atoms. The lowest BCUT2D eigenvalue weighted by atomic mass is 9.81. The standard InChI is InChI=1S/C5H3BF4N/c7-5-3-4(1-2-11-5)6(8,9)10/h1-3H/q-1. The highest BCUT2D eigenvalue weighted by Gasteiger charge is 2.25. The summed E-state index contributed by atoms with van der Waals surface area (Å²) in [6.45, 7) is -5.10. The first-order chi connectivity index (χ1) is 5.00. The topological polar surface area (TPSA) is 12.9 Å². The minimum atomic E-state index is -5.10. The van der Waals surface area contributed by atoms with E-state index in [2.05, 4.69) is 4.98 Å². The van der Waals surface area contributed by atoms with Crippen LogP contribution in [-0.2, 0) is 0 Å². The van der Waals surface area contributed by atoms with E-state index in [-0.39, 0.29) is 0 Å². The minimum Gasteiger partial charge on any atom is -0.445 e. The van der Waals surface area contributed by atoms with Gasteiger partial charge in [-0.3, -0.25) is 0 Å². The Balaban J connectivity index is 3.06. The Morgan fingerprint density at radius 1 is 1.27 bits per heavy atom. The summed E-state index contributed by atoms with van der Waals surface area (Å²) in [6, 6.07) is 1.11. The van der Waals surface area contributed by atoms with Crippen molar-refractivity contribution < 1.29 is 17.3 Å². The van der Waals surface area contributed by atoms with E-state index in [4.69, 9.17) is 0 Å². The van der Waals surface area contributed by atoms with Crippen LogP contribution in [0.15, 0.2) is 18.3 Å². The zero-order valence-electron chi connectivity index (χ0n) is 5.27. The van der Waals surface area contributed by atoms with Gasteiger partial charge in [-0.2, -0.15) is 4.39 Å². The lowest BCUT2D eigenvalue weighted by Crippen LogP contribution is -2.34. The zero-order chi connectivity index (χ0) is 8.48. The second kappa shape index (κ2) is 2.52. The summed E-state index contributed by atoms with van der Waals surface area (Å²) in [7, 11) is 0. The molecule has 0 unspecified atom stereocenters. The highest BCUT2D eigenvalue weighted by atomic mass is 19.4. The fourth-order valence-corrected chi connectivity index (χ4v) is 0.621. The van der Waals surface area contributed by atoms with Crippen LogP contribution in [0.25, 0.3) is 0 Å². The second-order valence-electron chi connectivity index (χ2n) is 1.99. The van der Waals surface area contributed by atoms with Gasteiger partial charge in [-0.15, -0.1) is 5.46 Å². The van der Waals surface area contributed by atoms with Crippen molar-refractivity contribution in [2.45, 2.75) is 0 Å². The van der Waals surface area contributed by atoms with E-state index >= 15 is 0 Å². The van der Waals surface area contributed by atoms with Crippen LogP contribution in [0.1, 0.15) is 0 Å². The van der Waals surface area contributed by atoms with Crippen LogP contribution in [0.3, 0.4) is 0 Å². The number of rotatable bonds is 1. The fraction of sp³-hybridized carbons (Fsp3) is 0. The third-order valence-electron chi connectivity index (χ3n) is 1.13. The first-order valence-electron chi connectivity index (χ1n) is 2.81. The summed E-state index contributed by atoms with van der Waals surface area (Å²) < 4.78 is 47.6. The number of nitrogens with zero attached hydrogens (tertiary/aromatic N) is 1. The molecule has 0 saturated carbocycles. The van der Waals surface area contributed by atoms with Gasteiger partial charge in [0.1, 0.15) is 0 Å². The molecule has 60 valence electrons. The summed E-state index contributed by atoms with van der Waals surface area (Å²) in [6.07, 6.45) is 0.792. The first-order valence-corrected chi connectivity index (χ1v) is 2.81. The molecule has 0 N–H and O–H groups in total. The Kier molecular flexibility index (Phi) is 1.84. The van der Waals surface area contributed by atoms with Crippen molar-refractivity contribution in [1.82, 2.24) is 4.98 Å². The van der Waals surface area contributed by atoms with Crippen LogP contribution in [0.5, 0.6) is 0 Å². The summed E-state index contributed by atoms with van der Waals surface area (Å²) in [5.41, 5.74) is -0.961. The highest BCUT2D eigenvalue weighted by Crippen LogP contribution is 2.07. The van der Waals surface area contributed by atoms with Gasteiger partial charge in [0.25, 0.3) is 0 Å². The molecule has 1 rings (SSSR count). The molecule has 0 radical (unpaired) electrons. The highest BCUT2D eigenvalue weighted by molar-refractivity contribution is 6.73. The number of hydrogen-bond acceptors (Lipinski definition) is 1. The summed E-state index contributed by atoms with van der Waals surface area (Å²) in [5, 5.41) is 0. The van der Waals surface area contributed by atoms with E-state index < -0.39 is 18.4 Å². The average Bonchev–Trinajstić information content (AvgIpc) is 1.86. The smallest absolute Gasteiger partial charge is 0.445 e. The Labute approximate surface area is 60.1 Å². The number of aromatic nitrogens is 1. The van der Waals surface area contributed by atoms with Crippen molar-refractivity contribution in [1.29, 1.82) is 0 Å². The van der Waals surface area contributed by atoms with Crippen molar-refractivity contribution in [3.8, 4) is 0 Å². The van der Waals surface area contributed by atoms with Gasteiger partial charge in [-0.25, -0.2) is 4.98 Å². The predicted molar refractivity (Wildman–Crippen MR) is 32.9 cm³/mol. The first kappa shape index (κ1) is 8.04. The summed E-state index contributed by atoms with van der Waals surface area (Å²) in [4.78, 5) is 3.00. The predicted octanol–water partition coefficient (Wildman–Crippen LogP) is 1.28. The third kappa shape index (κ3) is 1.93. The quantitative estimate of drug-likeness (QED) is 0.346. The lowest BCUT2D eigenvalue weighted by molar-refractivity contribution is 0.499. The number of halogens is 4. The van der Waals surface area contributed by atoms with Gasteiger partial charge in [0.2, 0.25) is 5.95 Å². The molecule has 0 atom stereocenters. The molecule has 1 aromatic rings.